The van der Waals surface area contributed by atoms with Gasteiger partial charge in [0.15, 0.2) is 0 Å². The van der Waals surface area contributed by atoms with Crippen LogP contribution in [0.1, 0.15) is 30.1 Å². The van der Waals surface area contributed by atoms with E-state index in [1.54, 1.807) is 6.08 Å². The smallest absolute Gasteiger partial charge is 0.338 e. The highest BCUT2D eigenvalue weighted by Gasteiger charge is 2.10. The molecule has 3 heteroatoms. The number of benzene rings is 1. The molecule has 1 atom stereocenters. The third kappa shape index (κ3) is 3.77. The Morgan fingerprint density at radius 3 is 2.69 bits per heavy atom. The summed E-state index contributed by atoms with van der Waals surface area (Å²) in [6.45, 7) is 5.46. The Morgan fingerprint density at radius 1 is 1.50 bits per heavy atom. The topological polar surface area (TPSA) is 46.5 Å². The molecule has 86 valence electrons. The van der Waals surface area contributed by atoms with E-state index in [1.165, 1.54) is 24.3 Å². The molecule has 16 heavy (non-hydrogen) atoms. The molecule has 0 bridgehead atoms. The van der Waals surface area contributed by atoms with Gasteiger partial charge < -0.3 is 9.84 Å². The number of rotatable bonds is 5. The molecule has 1 aromatic carbocycles. The van der Waals surface area contributed by atoms with Crippen molar-refractivity contribution < 1.29 is 14.6 Å². The Bertz CT molecular complexity index is 354. The second-order valence-corrected chi connectivity index (χ2v) is 3.63. The number of aromatic hydroxyl groups is 1. The number of allylic oxidation sites excluding steroid dienone is 1. The lowest BCUT2D eigenvalue weighted by atomic mass is 10.2. The number of phenolic OH excluding ortho intramolecular Hbond substituents is 1. The lowest BCUT2D eigenvalue weighted by molar-refractivity contribution is 0.0327. The molecule has 0 saturated heterocycles. The fourth-order valence-corrected chi connectivity index (χ4v) is 1.26. The Kier molecular flexibility index (Phi) is 4.58. The molecule has 3 nitrogen and oxygen atoms in total. The number of carbonyl (C=O) groups excluding carboxylic acids is 1. The molecular formula is C13H16O3. The molecule has 0 unspecified atom stereocenters. The minimum Gasteiger partial charge on any atom is -0.508 e. The SMILES string of the molecule is C=CCC[C@@H](C)OC(=O)c1ccc(O)cc1. The number of hydrogen-bond donors (Lipinski definition) is 1. The molecule has 0 amide bonds. The zero-order valence-corrected chi connectivity index (χ0v) is 9.35. The predicted molar refractivity (Wildman–Crippen MR) is 62.4 cm³/mol. The molecule has 0 radical (unpaired) electrons. The molecule has 0 aliphatic carbocycles. The number of ether oxygens (including phenoxy) is 1. The van der Waals surface area contributed by atoms with Gasteiger partial charge in [-0.3, -0.25) is 0 Å². The monoisotopic (exact) mass is 220 g/mol. The molecule has 0 spiro atoms. The molecule has 0 fully saturated rings. The highest BCUT2D eigenvalue weighted by atomic mass is 16.5. The Morgan fingerprint density at radius 2 is 2.12 bits per heavy atom. The van der Waals surface area contributed by atoms with Crippen LogP contribution in [0.5, 0.6) is 5.75 Å². The number of esters is 1. The van der Waals surface area contributed by atoms with Crippen molar-refractivity contribution in [2.24, 2.45) is 0 Å². The van der Waals surface area contributed by atoms with Crippen LogP contribution in [0, 0.1) is 0 Å². The largest absolute Gasteiger partial charge is 0.508 e. The standard InChI is InChI=1S/C13H16O3/c1-3-4-5-10(2)16-13(15)11-6-8-12(14)9-7-11/h3,6-10,14H,1,4-5H2,2H3/t10-/m1/s1. The maximum Gasteiger partial charge on any atom is 0.338 e. The van der Waals surface area contributed by atoms with E-state index in [4.69, 9.17) is 9.84 Å². The molecule has 1 N–H and O–H groups in total. The summed E-state index contributed by atoms with van der Waals surface area (Å²) in [4.78, 5) is 11.6. The van der Waals surface area contributed by atoms with Crippen molar-refractivity contribution in [2.75, 3.05) is 0 Å². The van der Waals surface area contributed by atoms with E-state index >= 15 is 0 Å². The van der Waals surface area contributed by atoms with Crippen LogP contribution in [-0.4, -0.2) is 17.2 Å². The Labute approximate surface area is 95.4 Å². The quantitative estimate of drug-likeness (QED) is 0.613. The van der Waals surface area contributed by atoms with E-state index < -0.39 is 0 Å². The van der Waals surface area contributed by atoms with Gasteiger partial charge in [0.25, 0.3) is 0 Å². The van der Waals surface area contributed by atoms with Crippen LogP contribution in [0.3, 0.4) is 0 Å². The van der Waals surface area contributed by atoms with Gasteiger partial charge in [-0.2, -0.15) is 0 Å². The van der Waals surface area contributed by atoms with E-state index in [0.717, 1.165) is 12.8 Å². The van der Waals surface area contributed by atoms with Crippen molar-refractivity contribution in [1.29, 1.82) is 0 Å². The van der Waals surface area contributed by atoms with E-state index in [-0.39, 0.29) is 17.8 Å². The molecule has 1 aromatic rings. The molecule has 0 aromatic heterocycles. The lowest BCUT2D eigenvalue weighted by Crippen LogP contribution is -2.14. The third-order valence-corrected chi connectivity index (χ3v) is 2.19. The first-order valence-corrected chi connectivity index (χ1v) is 5.24. The fourth-order valence-electron chi connectivity index (χ4n) is 1.26. The van der Waals surface area contributed by atoms with Crippen LogP contribution in [0.25, 0.3) is 0 Å². The summed E-state index contributed by atoms with van der Waals surface area (Å²) >= 11 is 0. The van der Waals surface area contributed by atoms with Gasteiger partial charge in [-0.25, -0.2) is 4.79 Å². The zero-order valence-electron chi connectivity index (χ0n) is 9.35. The average Bonchev–Trinajstić information content (AvgIpc) is 2.27. The van der Waals surface area contributed by atoms with Crippen LogP contribution in [-0.2, 0) is 4.74 Å². The van der Waals surface area contributed by atoms with Crippen LogP contribution in [0.4, 0.5) is 0 Å². The number of phenols is 1. The van der Waals surface area contributed by atoms with Crippen LogP contribution in [0.2, 0.25) is 0 Å². The molecule has 0 heterocycles. The first-order valence-electron chi connectivity index (χ1n) is 5.24. The zero-order chi connectivity index (χ0) is 12.0. The fraction of sp³-hybridized carbons (Fsp3) is 0.308. The summed E-state index contributed by atoms with van der Waals surface area (Å²) in [5, 5.41) is 9.07. The molecule has 0 aliphatic heterocycles. The van der Waals surface area contributed by atoms with Gasteiger partial charge in [0.1, 0.15) is 5.75 Å². The van der Waals surface area contributed by atoms with E-state index in [9.17, 15) is 4.79 Å². The second kappa shape index (κ2) is 5.95. The van der Waals surface area contributed by atoms with Crippen molar-refractivity contribution in [1.82, 2.24) is 0 Å². The first-order chi connectivity index (χ1) is 7.63. The van der Waals surface area contributed by atoms with E-state index in [0.29, 0.717) is 5.56 Å². The maximum absolute atomic E-state index is 11.6. The molecule has 0 aliphatic rings. The van der Waals surface area contributed by atoms with Crippen molar-refractivity contribution in [3.63, 3.8) is 0 Å². The lowest BCUT2D eigenvalue weighted by Gasteiger charge is -2.12. The van der Waals surface area contributed by atoms with Crippen molar-refractivity contribution in [3.8, 4) is 5.75 Å². The van der Waals surface area contributed by atoms with Gasteiger partial charge in [0.05, 0.1) is 11.7 Å². The van der Waals surface area contributed by atoms with E-state index in [1.807, 2.05) is 6.92 Å². The number of carbonyl (C=O) groups is 1. The summed E-state index contributed by atoms with van der Waals surface area (Å²) in [5.41, 5.74) is 0.447. The van der Waals surface area contributed by atoms with Crippen LogP contribution in [0.15, 0.2) is 36.9 Å². The van der Waals surface area contributed by atoms with Crippen molar-refractivity contribution >= 4 is 5.97 Å². The first kappa shape index (κ1) is 12.3. The summed E-state index contributed by atoms with van der Waals surface area (Å²) in [7, 11) is 0. The summed E-state index contributed by atoms with van der Waals surface area (Å²) < 4.78 is 5.21. The van der Waals surface area contributed by atoms with Crippen molar-refractivity contribution in [3.05, 3.63) is 42.5 Å². The minimum atomic E-state index is -0.364. The van der Waals surface area contributed by atoms with Gasteiger partial charge in [-0.15, -0.1) is 6.58 Å². The van der Waals surface area contributed by atoms with Crippen LogP contribution < -0.4 is 0 Å². The van der Waals surface area contributed by atoms with Gasteiger partial charge in [-0.05, 0) is 44.0 Å². The highest BCUT2D eigenvalue weighted by molar-refractivity contribution is 5.89. The van der Waals surface area contributed by atoms with Crippen LogP contribution >= 0.6 is 0 Å². The highest BCUT2D eigenvalue weighted by Crippen LogP contribution is 2.12. The Balaban J connectivity index is 2.51. The number of hydrogen-bond acceptors (Lipinski definition) is 3. The van der Waals surface area contributed by atoms with Gasteiger partial charge in [0.2, 0.25) is 0 Å². The molecule has 1 rings (SSSR count). The van der Waals surface area contributed by atoms with Gasteiger partial charge in [0, 0.05) is 0 Å². The minimum absolute atomic E-state index is 0.126. The molecule has 0 saturated carbocycles. The van der Waals surface area contributed by atoms with E-state index in [2.05, 4.69) is 6.58 Å². The molecular weight excluding hydrogens is 204 g/mol. The van der Waals surface area contributed by atoms with Gasteiger partial charge >= 0.3 is 5.97 Å². The normalized spacial score (nSPS) is 11.8. The van der Waals surface area contributed by atoms with Gasteiger partial charge in [-0.1, -0.05) is 6.08 Å². The summed E-state index contributed by atoms with van der Waals surface area (Å²) in [6.07, 6.45) is 3.27. The third-order valence-electron chi connectivity index (χ3n) is 2.19. The maximum atomic E-state index is 11.6. The average molecular weight is 220 g/mol. The second-order valence-electron chi connectivity index (χ2n) is 3.63. The Hall–Kier alpha value is -1.77. The van der Waals surface area contributed by atoms with Crippen molar-refractivity contribution in [2.45, 2.75) is 25.9 Å². The predicted octanol–water partition coefficient (Wildman–Crippen LogP) is 2.90. The summed E-state index contributed by atoms with van der Waals surface area (Å²) in [5.74, 6) is -0.229. The summed E-state index contributed by atoms with van der Waals surface area (Å²) in [6, 6.07) is 6.01.